The number of allylic oxidation sites excluding steroid dienone is 1. The molecule has 0 aliphatic heterocycles. The van der Waals surface area contributed by atoms with E-state index in [2.05, 4.69) is 0 Å². The van der Waals surface area contributed by atoms with Crippen LogP contribution in [0.3, 0.4) is 0 Å². The van der Waals surface area contributed by atoms with E-state index in [4.69, 9.17) is 17.3 Å². The molecule has 0 saturated heterocycles. The molecule has 17 heavy (non-hydrogen) atoms. The summed E-state index contributed by atoms with van der Waals surface area (Å²) in [7, 11) is 0. The van der Waals surface area contributed by atoms with E-state index < -0.39 is 0 Å². The van der Waals surface area contributed by atoms with Gasteiger partial charge in [-0.3, -0.25) is 4.79 Å². The van der Waals surface area contributed by atoms with Gasteiger partial charge < -0.3 is 5.73 Å². The lowest BCUT2D eigenvalue weighted by molar-refractivity contribution is -0.115. The summed E-state index contributed by atoms with van der Waals surface area (Å²) in [4.78, 5) is 12.7. The molecule has 2 rings (SSSR count). The van der Waals surface area contributed by atoms with Gasteiger partial charge in [0.15, 0.2) is 5.78 Å². The van der Waals surface area contributed by atoms with E-state index >= 15 is 0 Å². The van der Waals surface area contributed by atoms with Crippen molar-refractivity contribution < 1.29 is 4.79 Å². The minimum absolute atomic E-state index is 0.143. The first-order chi connectivity index (χ1) is 8.11. The highest BCUT2D eigenvalue weighted by molar-refractivity contribution is 7.98. The Morgan fingerprint density at radius 2 is 2.24 bits per heavy atom. The van der Waals surface area contributed by atoms with Gasteiger partial charge in [-0.1, -0.05) is 17.7 Å². The highest BCUT2D eigenvalue weighted by Gasteiger charge is 2.28. The molecule has 0 unspecified atom stereocenters. The third kappa shape index (κ3) is 3.05. The Balaban J connectivity index is 2.28. The largest absolute Gasteiger partial charge is 0.398 e. The molecule has 1 aliphatic rings. The number of thioether (sulfide) groups is 1. The number of benzene rings is 1. The number of hydrogen-bond donors (Lipinski definition) is 1. The average Bonchev–Trinajstić information content (AvgIpc) is 3.12. The van der Waals surface area contributed by atoms with Gasteiger partial charge in [0.2, 0.25) is 0 Å². The molecule has 90 valence electrons. The summed E-state index contributed by atoms with van der Waals surface area (Å²) in [6.07, 6.45) is 5.52. The molecule has 0 bridgehead atoms. The van der Waals surface area contributed by atoms with Crippen LogP contribution in [-0.4, -0.2) is 12.0 Å². The molecule has 0 radical (unpaired) electrons. The normalized spacial score (nSPS) is 16.0. The van der Waals surface area contributed by atoms with Gasteiger partial charge in [-0.05, 0) is 31.2 Å². The summed E-state index contributed by atoms with van der Waals surface area (Å²) >= 11 is 7.50. The van der Waals surface area contributed by atoms with Crippen LogP contribution in [0.25, 0.3) is 5.70 Å². The van der Waals surface area contributed by atoms with E-state index in [0.717, 1.165) is 23.3 Å². The number of halogens is 1. The van der Waals surface area contributed by atoms with Crippen LogP contribution < -0.4 is 5.73 Å². The molecule has 0 atom stereocenters. The van der Waals surface area contributed by atoms with Crippen LogP contribution in [0.2, 0.25) is 5.02 Å². The summed E-state index contributed by atoms with van der Waals surface area (Å²) in [5.74, 6) is 0.350. The van der Waals surface area contributed by atoms with Crippen molar-refractivity contribution in [2.45, 2.75) is 17.7 Å². The van der Waals surface area contributed by atoms with Crippen LogP contribution in [0.15, 0.2) is 29.2 Å². The predicted octanol–water partition coefficient (Wildman–Crippen LogP) is 3.34. The van der Waals surface area contributed by atoms with Gasteiger partial charge in [0.1, 0.15) is 0 Å². The minimum atomic E-state index is 0.143. The SMILES string of the molecule is CSc1cc(Cl)ccc1/C(N)=C\C(=O)C1CC1. The molecule has 0 aromatic heterocycles. The van der Waals surface area contributed by atoms with E-state index in [0.29, 0.717) is 10.7 Å². The van der Waals surface area contributed by atoms with Gasteiger partial charge in [0.05, 0.1) is 0 Å². The maximum Gasteiger partial charge on any atom is 0.160 e. The van der Waals surface area contributed by atoms with Crippen molar-refractivity contribution in [3.8, 4) is 0 Å². The first-order valence-electron chi connectivity index (χ1n) is 5.46. The molecule has 1 aromatic carbocycles. The summed E-state index contributed by atoms with van der Waals surface area (Å²) in [5, 5.41) is 0.680. The fourth-order valence-electron chi connectivity index (χ4n) is 1.62. The van der Waals surface area contributed by atoms with Crippen molar-refractivity contribution in [2.24, 2.45) is 11.7 Å². The van der Waals surface area contributed by atoms with Crippen molar-refractivity contribution in [3.05, 3.63) is 34.9 Å². The second kappa shape index (κ2) is 5.15. The summed E-state index contributed by atoms with van der Waals surface area (Å²) in [6, 6.07) is 5.52. The summed E-state index contributed by atoms with van der Waals surface area (Å²) in [6.45, 7) is 0. The van der Waals surface area contributed by atoms with Crippen LogP contribution in [0.4, 0.5) is 0 Å². The fraction of sp³-hybridized carbons (Fsp3) is 0.308. The van der Waals surface area contributed by atoms with E-state index in [9.17, 15) is 4.79 Å². The fourth-order valence-corrected chi connectivity index (χ4v) is 2.51. The number of carbonyl (C=O) groups is 1. The molecular formula is C13H14ClNOS. The number of ketones is 1. The molecular weight excluding hydrogens is 254 g/mol. The molecule has 1 fully saturated rings. The second-order valence-corrected chi connectivity index (χ2v) is 5.41. The van der Waals surface area contributed by atoms with Gasteiger partial charge in [0.25, 0.3) is 0 Å². The molecule has 0 spiro atoms. The maximum absolute atomic E-state index is 11.7. The van der Waals surface area contributed by atoms with Gasteiger partial charge >= 0.3 is 0 Å². The summed E-state index contributed by atoms with van der Waals surface area (Å²) < 4.78 is 0. The van der Waals surface area contributed by atoms with Gasteiger partial charge in [0, 0.05) is 33.2 Å². The van der Waals surface area contributed by atoms with E-state index in [1.54, 1.807) is 23.9 Å². The zero-order valence-electron chi connectivity index (χ0n) is 9.57. The second-order valence-electron chi connectivity index (χ2n) is 4.12. The van der Waals surface area contributed by atoms with E-state index in [1.165, 1.54) is 0 Å². The minimum Gasteiger partial charge on any atom is -0.398 e. The van der Waals surface area contributed by atoms with Gasteiger partial charge in [-0.2, -0.15) is 0 Å². The molecule has 0 heterocycles. The van der Waals surface area contributed by atoms with Crippen LogP contribution in [0.5, 0.6) is 0 Å². The zero-order chi connectivity index (χ0) is 12.4. The van der Waals surface area contributed by atoms with E-state index in [1.807, 2.05) is 18.4 Å². The molecule has 1 saturated carbocycles. The Hall–Kier alpha value is -0.930. The average molecular weight is 268 g/mol. The Morgan fingerprint density at radius 3 is 2.82 bits per heavy atom. The third-order valence-electron chi connectivity index (χ3n) is 2.75. The molecule has 1 aliphatic carbocycles. The first-order valence-corrected chi connectivity index (χ1v) is 7.07. The highest BCUT2D eigenvalue weighted by Crippen LogP contribution is 2.32. The predicted molar refractivity (Wildman–Crippen MR) is 73.1 cm³/mol. The summed E-state index contributed by atoms with van der Waals surface area (Å²) in [5.41, 5.74) is 7.39. The lowest BCUT2D eigenvalue weighted by Crippen LogP contribution is -2.04. The standard InChI is InChI=1S/C13H14ClNOS/c1-17-13-6-9(14)4-5-10(13)11(15)7-12(16)8-2-3-8/h4-8H,2-3,15H2,1H3/b11-7+. The van der Waals surface area contributed by atoms with Crippen molar-refractivity contribution in [1.29, 1.82) is 0 Å². The number of rotatable bonds is 4. The van der Waals surface area contributed by atoms with Crippen molar-refractivity contribution >= 4 is 34.8 Å². The molecule has 1 aromatic rings. The molecule has 2 N–H and O–H groups in total. The van der Waals surface area contributed by atoms with Crippen molar-refractivity contribution in [3.63, 3.8) is 0 Å². The number of hydrogen-bond acceptors (Lipinski definition) is 3. The highest BCUT2D eigenvalue weighted by atomic mass is 35.5. The monoisotopic (exact) mass is 267 g/mol. The first kappa shape index (κ1) is 12.5. The maximum atomic E-state index is 11.7. The quantitative estimate of drug-likeness (QED) is 0.672. The third-order valence-corrected chi connectivity index (χ3v) is 3.76. The smallest absolute Gasteiger partial charge is 0.160 e. The van der Waals surface area contributed by atoms with Crippen LogP contribution >= 0.6 is 23.4 Å². The van der Waals surface area contributed by atoms with Gasteiger partial charge in [-0.15, -0.1) is 11.8 Å². The number of nitrogens with two attached hydrogens (primary N) is 1. The molecule has 4 heteroatoms. The molecule has 2 nitrogen and oxygen atoms in total. The Bertz CT molecular complexity index is 480. The Morgan fingerprint density at radius 1 is 1.53 bits per heavy atom. The van der Waals surface area contributed by atoms with Gasteiger partial charge in [-0.25, -0.2) is 0 Å². The Kier molecular flexibility index (Phi) is 3.79. The van der Waals surface area contributed by atoms with Crippen LogP contribution in [-0.2, 0) is 4.79 Å². The zero-order valence-corrected chi connectivity index (χ0v) is 11.1. The van der Waals surface area contributed by atoms with Crippen molar-refractivity contribution in [1.82, 2.24) is 0 Å². The lowest BCUT2D eigenvalue weighted by Gasteiger charge is -2.08. The van der Waals surface area contributed by atoms with Crippen molar-refractivity contribution in [2.75, 3.05) is 6.26 Å². The number of carbonyl (C=O) groups excluding carboxylic acids is 1. The lowest BCUT2D eigenvalue weighted by atomic mass is 10.1. The Labute approximate surface area is 110 Å². The molecule has 0 amide bonds. The van der Waals surface area contributed by atoms with E-state index in [-0.39, 0.29) is 11.7 Å². The van der Waals surface area contributed by atoms with Crippen LogP contribution in [0, 0.1) is 5.92 Å². The topological polar surface area (TPSA) is 43.1 Å². The van der Waals surface area contributed by atoms with Crippen LogP contribution in [0.1, 0.15) is 18.4 Å².